The molecule has 0 spiro atoms. The summed E-state index contributed by atoms with van der Waals surface area (Å²) < 4.78 is 60.6. The lowest BCUT2D eigenvalue weighted by Crippen LogP contribution is -2.27. The lowest BCUT2D eigenvalue weighted by molar-refractivity contribution is 0.320. The molecule has 0 atom stereocenters. The van der Waals surface area contributed by atoms with E-state index in [0.29, 0.717) is 42.2 Å². The Hall–Kier alpha value is -3.07. The SMILES string of the molecule is CC(C)(C)c1cc(S(=O)(=O)NCCc2cnc3nc2NCCCNS(=O)(=O)c2cccc(c2)N3)no1. The molecule has 3 heterocycles. The van der Waals surface area contributed by atoms with Gasteiger partial charge in [0.1, 0.15) is 11.6 Å². The van der Waals surface area contributed by atoms with Crippen LogP contribution in [0.2, 0.25) is 0 Å². The van der Waals surface area contributed by atoms with Crippen molar-refractivity contribution in [3.8, 4) is 0 Å². The maximum atomic E-state index is 12.7. The molecule has 0 fully saturated rings. The lowest BCUT2D eigenvalue weighted by atomic mass is 9.94. The fraction of sp³-hybridized carbons (Fsp3) is 0.409. The molecule has 4 rings (SSSR count). The van der Waals surface area contributed by atoms with Gasteiger partial charge in [0.15, 0.2) is 0 Å². The van der Waals surface area contributed by atoms with Gasteiger partial charge in [0.2, 0.25) is 21.0 Å². The van der Waals surface area contributed by atoms with Gasteiger partial charge in [-0.3, -0.25) is 0 Å². The number of hydrogen-bond acceptors (Lipinski definition) is 10. The van der Waals surface area contributed by atoms with Crippen LogP contribution in [-0.2, 0) is 31.9 Å². The zero-order chi connectivity index (χ0) is 26.0. The van der Waals surface area contributed by atoms with Gasteiger partial charge in [-0.1, -0.05) is 32.0 Å². The minimum Gasteiger partial charge on any atom is -0.370 e. The molecule has 12 nitrogen and oxygen atoms in total. The van der Waals surface area contributed by atoms with E-state index in [2.05, 4.69) is 35.2 Å². The number of fused-ring (bicyclic) bond motifs is 4. The summed E-state index contributed by atoms with van der Waals surface area (Å²) in [6, 6.07) is 7.80. The van der Waals surface area contributed by atoms with Crippen LogP contribution in [-0.4, -0.2) is 51.6 Å². The van der Waals surface area contributed by atoms with Gasteiger partial charge in [-0.05, 0) is 31.0 Å². The van der Waals surface area contributed by atoms with E-state index in [1.165, 1.54) is 18.2 Å². The van der Waals surface area contributed by atoms with E-state index in [0.717, 1.165) is 0 Å². The van der Waals surface area contributed by atoms with Crippen molar-refractivity contribution in [2.45, 2.75) is 48.9 Å². The fourth-order valence-corrected chi connectivity index (χ4v) is 5.43. The largest absolute Gasteiger partial charge is 0.370 e. The summed E-state index contributed by atoms with van der Waals surface area (Å²) in [4.78, 5) is 8.99. The zero-order valence-corrected chi connectivity index (χ0v) is 21.8. The predicted octanol–water partition coefficient (Wildman–Crippen LogP) is 2.12. The smallest absolute Gasteiger partial charge is 0.261 e. The molecular weight excluding hydrogens is 506 g/mol. The number of anilines is 3. The van der Waals surface area contributed by atoms with Gasteiger partial charge in [-0.2, -0.15) is 4.98 Å². The molecule has 2 aromatic heterocycles. The lowest BCUT2D eigenvalue weighted by Gasteiger charge is -2.13. The Morgan fingerprint density at radius 1 is 1.17 bits per heavy atom. The van der Waals surface area contributed by atoms with Crippen molar-refractivity contribution in [2.24, 2.45) is 0 Å². The third-order valence-corrected chi connectivity index (χ3v) is 8.18. The number of rotatable bonds is 5. The average Bonchev–Trinajstić information content (AvgIpc) is 3.32. The second-order valence-electron chi connectivity index (χ2n) is 9.33. The Balaban J connectivity index is 1.49. The Labute approximate surface area is 210 Å². The monoisotopic (exact) mass is 535 g/mol. The third-order valence-electron chi connectivity index (χ3n) is 5.39. The molecule has 0 saturated carbocycles. The van der Waals surface area contributed by atoms with E-state index >= 15 is 0 Å². The molecule has 1 aliphatic heterocycles. The molecule has 36 heavy (non-hydrogen) atoms. The van der Waals surface area contributed by atoms with Crippen LogP contribution in [0.15, 0.2) is 51.0 Å². The van der Waals surface area contributed by atoms with E-state index in [4.69, 9.17) is 4.52 Å². The topological polar surface area (TPSA) is 168 Å². The van der Waals surface area contributed by atoms with Gasteiger partial charge in [0, 0.05) is 48.6 Å². The first-order chi connectivity index (χ1) is 16.9. The van der Waals surface area contributed by atoms with Crippen molar-refractivity contribution < 1.29 is 21.4 Å². The summed E-state index contributed by atoms with van der Waals surface area (Å²) in [6.45, 7) is 6.49. The predicted molar refractivity (Wildman–Crippen MR) is 134 cm³/mol. The van der Waals surface area contributed by atoms with Crippen LogP contribution < -0.4 is 20.1 Å². The minimum absolute atomic E-state index is 0.0900. The molecule has 3 aromatic rings. The molecule has 1 aliphatic rings. The average molecular weight is 536 g/mol. The van der Waals surface area contributed by atoms with Gasteiger partial charge in [0.25, 0.3) is 10.0 Å². The Morgan fingerprint density at radius 3 is 2.72 bits per heavy atom. The normalized spacial score (nSPS) is 16.1. The number of nitrogens with zero attached hydrogens (tertiary/aromatic N) is 3. The Kier molecular flexibility index (Phi) is 7.31. The summed E-state index contributed by atoms with van der Waals surface area (Å²) >= 11 is 0. The molecule has 1 aromatic carbocycles. The van der Waals surface area contributed by atoms with Gasteiger partial charge in [-0.25, -0.2) is 31.3 Å². The van der Waals surface area contributed by atoms with E-state index in [1.54, 1.807) is 18.3 Å². The summed E-state index contributed by atoms with van der Waals surface area (Å²) in [5.41, 5.74) is 0.850. The van der Waals surface area contributed by atoms with E-state index in [-0.39, 0.29) is 34.4 Å². The second kappa shape index (κ2) is 10.1. The number of sulfonamides is 2. The van der Waals surface area contributed by atoms with Gasteiger partial charge >= 0.3 is 0 Å². The first-order valence-corrected chi connectivity index (χ1v) is 14.3. The molecule has 194 valence electrons. The van der Waals surface area contributed by atoms with Crippen LogP contribution >= 0.6 is 0 Å². The van der Waals surface area contributed by atoms with Gasteiger partial charge < -0.3 is 15.2 Å². The van der Waals surface area contributed by atoms with Crippen LogP contribution in [0.25, 0.3) is 0 Å². The number of nitrogens with one attached hydrogen (secondary N) is 4. The summed E-state index contributed by atoms with van der Waals surface area (Å²) in [6.07, 6.45) is 2.44. The molecular formula is C22H29N7O5S2. The van der Waals surface area contributed by atoms with Crippen molar-refractivity contribution in [3.63, 3.8) is 0 Å². The number of hydrogen-bond donors (Lipinski definition) is 4. The van der Waals surface area contributed by atoms with Crippen molar-refractivity contribution >= 4 is 37.5 Å². The van der Waals surface area contributed by atoms with Gasteiger partial charge in [0.05, 0.1) is 4.90 Å². The van der Waals surface area contributed by atoms with E-state index < -0.39 is 20.0 Å². The summed E-state index contributed by atoms with van der Waals surface area (Å²) in [5, 5.41) is 9.75. The zero-order valence-electron chi connectivity index (χ0n) is 20.2. The molecule has 0 saturated heterocycles. The third kappa shape index (κ3) is 6.19. The number of aromatic nitrogens is 3. The quantitative estimate of drug-likeness (QED) is 0.380. The molecule has 4 bridgehead atoms. The highest BCUT2D eigenvalue weighted by Gasteiger charge is 2.25. The van der Waals surface area contributed by atoms with Crippen LogP contribution in [0.5, 0.6) is 0 Å². The second-order valence-corrected chi connectivity index (χ2v) is 12.8. The highest BCUT2D eigenvalue weighted by atomic mass is 32.2. The van der Waals surface area contributed by atoms with Crippen LogP contribution in [0, 0.1) is 0 Å². The van der Waals surface area contributed by atoms with Crippen LogP contribution in [0.4, 0.5) is 17.5 Å². The first kappa shape index (κ1) is 26.0. The fourth-order valence-electron chi connectivity index (χ4n) is 3.39. The molecule has 0 unspecified atom stereocenters. The van der Waals surface area contributed by atoms with Gasteiger partial charge in [-0.15, -0.1) is 0 Å². The molecule has 0 amide bonds. The molecule has 0 aliphatic carbocycles. The van der Waals surface area contributed by atoms with Crippen molar-refractivity contribution in [3.05, 3.63) is 47.9 Å². The standard InChI is InChI=1S/C22H29N7O5S2/c1-22(2,3)18-13-19(29-34-18)36(32,33)26-11-8-15-14-24-21-27-16-6-4-7-17(12-16)35(30,31)25-10-5-9-23-20(15)28-21/h4,6-7,12-14,25-26H,5,8-11H2,1-3H3,(H2,23,24,27,28). The maximum Gasteiger partial charge on any atom is 0.261 e. The van der Waals surface area contributed by atoms with Crippen molar-refractivity contribution in [1.29, 1.82) is 0 Å². The highest BCUT2D eigenvalue weighted by Crippen LogP contribution is 2.24. The van der Waals surface area contributed by atoms with Crippen LogP contribution in [0.3, 0.4) is 0 Å². The van der Waals surface area contributed by atoms with E-state index in [9.17, 15) is 16.8 Å². The Morgan fingerprint density at radius 2 is 1.97 bits per heavy atom. The Bertz CT molecular complexity index is 1450. The van der Waals surface area contributed by atoms with Crippen molar-refractivity contribution in [1.82, 2.24) is 24.6 Å². The van der Waals surface area contributed by atoms with Crippen LogP contribution in [0.1, 0.15) is 38.5 Å². The highest BCUT2D eigenvalue weighted by molar-refractivity contribution is 7.89. The first-order valence-electron chi connectivity index (χ1n) is 11.4. The van der Waals surface area contributed by atoms with Crippen molar-refractivity contribution in [2.75, 3.05) is 30.3 Å². The minimum atomic E-state index is -3.85. The molecule has 4 N–H and O–H groups in total. The van der Waals surface area contributed by atoms with E-state index in [1.807, 2.05) is 20.8 Å². The summed E-state index contributed by atoms with van der Waals surface area (Å²) in [5.74, 6) is 1.28. The molecule has 0 radical (unpaired) electrons. The summed E-state index contributed by atoms with van der Waals surface area (Å²) in [7, 11) is -7.49. The number of benzene rings is 1. The molecule has 14 heteroatoms. The maximum absolute atomic E-state index is 12.7.